The third-order valence-corrected chi connectivity index (χ3v) is 4.56. The molecule has 15 heavy (non-hydrogen) atoms. The molecule has 1 aliphatic carbocycles. The van der Waals surface area contributed by atoms with E-state index in [-0.39, 0.29) is 16.7 Å². The van der Waals surface area contributed by atoms with Gasteiger partial charge in [-0.05, 0) is 24.2 Å². The lowest BCUT2D eigenvalue weighted by Crippen LogP contribution is -2.44. The molecule has 0 radical (unpaired) electrons. The van der Waals surface area contributed by atoms with Crippen molar-refractivity contribution in [3.05, 3.63) is 0 Å². The van der Waals surface area contributed by atoms with Gasteiger partial charge in [0.2, 0.25) is 5.91 Å². The molecule has 86 valence electrons. The molecule has 2 nitrogen and oxygen atoms in total. The maximum atomic E-state index is 12.1. The van der Waals surface area contributed by atoms with Gasteiger partial charge in [-0.15, -0.1) is 11.6 Å². The fourth-order valence-electron chi connectivity index (χ4n) is 2.33. The van der Waals surface area contributed by atoms with Gasteiger partial charge in [0.1, 0.15) is 0 Å². The lowest BCUT2D eigenvalue weighted by atomic mass is 9.98. The van der Waals surface area contributed by atoms with E-state index in [4.69, 9.17) is 11.6 Å². The summed E-state index contributed by atoms with van der Waals surface area (Å²) >= 11 is 6.21. The number of nitrogens with zero attached hydrogens (tertiary/aromatic N) is 1. The van der Waals surface area contributed by atoms with E-state index in [0.29, 0.717) is 11.8 Å². The van der Waals surface area contributed by atoms with Crippen LogP contribution in [-0.4, -0.2) is 29.3 Å². The molecule has 1 saturated carbocycles. The molecule has 0 aromatic rings. The molecule has 2 aliphatic rings. The minimum Gasteiger partial charge on any atom is -0.341 e. The van der Waals surface area contributed by atoms with Crippen molar-refractivity contribution in [2.75, 3.05) is 13.1 Å². The van der Waals surface area contributed by atoms with Crippen LogP contribution < -0.4 is 0 Å². The first-order chi connectivity index (χ1) is 6.92. The first-order valence-corrected chi connectivity index (χ1v) is 6.28. The van der Waals surface area contributed by atoms with Crippen molar-refractivity contribution in [1.29, 1.82) is 0 Å². The fourth-order valence-corrected chi connectivity index (χ4v) is 2.62. The summed E-state index contributed by atoms with van der Waals surface area (Å²) in [6.07, 6.45) is 2.10. The maximum absolute atomic E-state index is 12.1. The van der Waals surface area contributed by atoms with Crippen molar-refractivity contribution in [2.24, 2.45) is 17.3 Å². The van der Waals surface area contributed by atoms with E-state index in [0.717, 1.165) is 25.9 Å². The Bertz CT molecular complexity index is 277. The molecule has 0 spiro atoms. The van der Waals surface area contributed by atoms with E-state index in [9.17, 15) is 4.79 Å². The Labute approximate surface area is 97.0 Å². The Hall–Kier alpha value is -0.240. The highest BCUT2D eigenvalue weighted by Gasteiger charge is 2.52. The lowest BCUT2D eigenvalue weighted by molar-refractivity contribution is -0.134. The van der Waals surface area contributed by atoms with Gasteiger partial charge in [0.05, 0.1) is 5.38 Å². The molecule has 2 rings (SSSR count). The zero-order chi connectivity index (χ0) is 11.2. The molecular formula is C12H20ClNO. The fraction of sp³-hybridized carbons (Fsp3) is 0.917. The van der Waals surface area contributed by atoms with Crippen molar-refractivity contribution in [3.63, 3.8) is 0 Å². The standard InChI is InChI=1S/C12H20ClNO/c1-8-4-5-14(7-10(8)13)11(15)9-6-12(9,2)3/h8-10H,4-7H2,1-3H3. The van der Waals surface area contributed by atoms with Crippen LogP contribution in [0, 0.1) is 17.3 Å². The molecule has 0 aromatic carbocycles. The highest BCUT2D eigenvalue weighted by molar-refractivity contribution is 6.21. The topological polar surface area (TPSA) is 20.3 Å². The molecule has 3 heteroatoms. The molecule has 0 bridgehead atoms. The van der Waals surface area contributed by atoms with Gasteiger partial charge in [0.15, 0.2) is 0 Å². The first kappa shape index (κ1) is 11.3. The Morgan fingerprint density at radius 2 is 2.07 bits per heavy atom. The summed E-state index contributed by atoms with van der Waals surface area (Å²) in [5.41, 5.74) is 0.238. The van der Waals surface area contributed by atoms with Gasteiger partial charge >= 0.3 is 0 Å². The van der Waals surface area contributed by atoms with E-state index in [2.05, 4.69) is 20.8 Å². The van der Waals surface area contributed by atoms with Gasteiger partial charge < -0.3 is 4.90 Å². The summed E-state index contributed by atoms with van der Waals surface area (Å²) in [6, 6.07) is 0. The average molecular weight is 230 g/mol. The number of carbonyl (C=O) groups is 1. The second kappa shape index (κ2) is 3.65. The Balaban J connectivity index is 1.92. The zero-order valence-corrected chi connectivity index (χ0v) is 10.5. The smallest absolute Gasteiger partial charge is 0.226 e. The molecule has 1 heterocycles. The summed E-state index contributed by atoms with van der Waals surface area (Å²) in [5, 5.41) is 0.143. The van der Waals surface area contributed by atoms with Gasteiger partial charge in [-0.2, -0.15) is 0 Å². The second-order valence-electron chi connectivity index (χ2n) is 5.81. The van der Waals surface area contributed by atoms with Crippen LogP contribution in [0.15, 0.2) is 0 Å². The molecule has 3 unspecified atom stereocenters. The molecule has 0 aromatic heterocycles. The number of hydrogen-bond acceptors (Lipinski definition) is 1. The SMILES string of the molecule is CC1CCN(C(=O)C2CC2(C)C)CC1Cl. The van der Waals surface area contributed by atoms with Crippen molar-refractivity contribution >= 4 is 17.5 Å². The third kappa shape index (κ3) is 2.15. The number of rotatable bonds is 1. The van der Waals surface area contributed by atoms with Gasteiger partial charge in [-0.3, -0.25) is 4.79 Å². The summed E-state index contributed by atoms with van der Waals surface area (Å²) in [4.78, 5) is 14.1. The van der Waals surface area contributed by atoms with Gasteiger partial charge in [0, 0.05) is 19.0 Å². The van der Waals surface area contributed by atoms with E-state index >= 15 is 0 Å². The summed E-state index contributed by atoms with van der Waals surface area (Å²) in [5.74, 6) is 1.13. The average Bonchev–Trinajstić information content (AvgIpc) is 2.79. The van der Waals surface area contributed by atoms with E-state index < -0.39 is 0 Å². The maximum Gasteiger partial charge on any atom is 0.226 e. The molecular weight excluding hydrogens is 210 g/mol. The largest absolute Gasteiger partial charge is 0.341 e. The monoisotopic (exact) mass is 229 g/mol. The molecule has 1 saturated heterocycles. The molecule has 2 fully saturated rings. The number of halogens is 1. The van der Waals surface area contributed by atoms with Crippen LogP contribution >= 0.6 is 11.6 Å². The van der Waals surface area contributed by atoms with Crippen LogP contribution in [0.3, 0.4) is 0 Å². The van der Waals surface area contributed by atoms with E-state index in [1.165, 1.54) is 0 Å². The van der Waals surface area contributed by atoms with Crippen LogP contribution in [0.5, 0.6) is 0 Å². The van der Waals surface area contributed by atoms with E-state index in [1.807, 2.05) is 4.90 Å². The Kier molecular flexibility index (Phi) is 2.74. The summed E-state index contributed by atoms with van der Waals surface area (Å²) in [7, 11) is 0. The van der Waals surface area contributed by atoms with Crippen LogP contribution in [0.1, 0.15) is 33.6 Å². The normalized spacial score (nSPS) is 38.9. The van der Waals surface area contributed by atoms with E-state index in [1.54, 1.807) is 0 Å². The number of amides is 1. The predicted octanol–water partition coefficient (Wildman–Crippen LogP) is 2.51. The van der Waals surface area contributed by atoms with Crippen LogP contribution in [0.4, 0.5) is 0 Å². The Morgan fingerprint density at radius 3 is 2.53 bits per heavy atom. The number of likely N-dealkylation sites (tertiary alicyclic amines) is 1. The Morgan fingerprint density at radius 1 is 1.47 bits per heavy atom. The number of carbonyl (C=O) groups excluding carboxylic acids is 1. The number of hydrogen-bond donors (Lipinski definition) is 0. The molecule has 0 N–H and O–H groups in total. The molecule has 3 atom stereocenters. The van der Waals surface area contributed by atoms with Crippen molar-refractivity contribution in [3.8, 4) is 0 Å². The summed E-state index contributed by atoms with van der Waals surface area (Å²) < 4.78 is 0. The molecule has 1 aliphatic heterocycles. The van der Waals surface area contributed by atoms with Gasteiger partial charge in [0.25, 0.3) is 0 Å². The highest BCUT2D eigenvalue weighted by Crippen LogP contribution is 2.52. The number of piperidine rings is 1. The third-order valence-electron chi connectivity index (χ3n) is 3.99. The van der Waals surface area contributed by atoms with Gasteiger partial charge in [-0.25, -0.2) is 0 Å². The highest BCUT2D eigenvalue weighted by atomic mass is 35.5. The predicted molar refractivity (Wildman–Crippen MR) is 61.9 cm³/mol. The lowest BCUT2D eigenvalue weighted by Gasteiger charge is -2.34. The number of alkyl halides is 1. The minimum absolute atomic E-state index is 0.143. The first-order valence-electron chi connectivity index (χ1n) is 5.84. The van der Waals surface area contributed by atoms with Crippen LogP contribution in [0.25, 0.3) is 0 Å². The van der Waals surface area contributed by atoms with Crippen LogP contribution in [-0.2, 0) is 4.79 Å². The summed E-state index contributed by atoms with van der Waals surface area (Å²) in [6.45, 7) is 8.14. The van der Waals surface area contributed by atoms with Gasteiger partial charge in [-0.1, -0.05) is 20.8 Å². The zero-order valence-electron chi connectivity index (χ0n) is 9.79. The minimum atomic E-state index is 0.143. The second-order valence-corrected chi connectivity index (χ2v) is 6.37. The van der Waals surface area contributed by atoms with Crippen molar-refractivity contribution in [1.82, 2.24) is 4.90 Å². The quantitative estimate of drug-likeness (QED) is 0.633. The van der Waals surface area contributed by atoms with Crippen molar-refractivity contribution < 1.29 is 4.79 Å². The van der Waals surface area contributed by atoms with Crippen LogP contribution in [0.2, 0.25) is 0 Å². The van der Waals surface area contributed by atoms with Crippen molar-refractivity contribution in [2.45, 2.75) is 39.0 Å². The molecule has 1 amide bonds.